The summed E-state index contributed by atoms with van der Waals surface area (Å²) in [7, 11) is 0. The lowest BCUT2D eigenvalue weighted by Crippen LogP contribution is -2.03. The molecule has 0 aromatic carbocycles. The molecule has 0 radical (unpaired) electrons. The molecule has 0 aromatic heterocycles. The minimum Gasteiger partial charge on any atom is -0.0727 e. The molecule has 2 aliphatic carbocycles. The van der Waals surface area contributed by atoms with E-state index in [9.17, 15) is 0 Å². The van der Waals surface area contributed by atoms with Crippen molar-refractivity contribution in [2.75, 3.05) is 0 Å². The third kappa shape index (κ3) is 1.40. The third-order valence-electron chi connectivity index (χ3n) is 2.87. The first-order valence-corrected chi connectivity index (χ1v) is 4.74. The molecule has 0 saturated heterocycles. The van der Waals surface area contributed by atoms with Gasteiger partial charge in [-0.25, -0.2) is 0 Å². The van der Waals surface area contributed by atoms with Crippen LogP contribution in [0.15, 0.2) is 22.8 Å². The molecule has 2 aliphatic rings. The molecule has 0 aromatic rings. The fourth-order valence-electron chi connectivity index (χ4n) is 2.17. The highest BCUT2D eigenvalue weighted by atomic mass is 14.2. The van der Waals surface area contributed by atoms with Gasteiger partial charge in [0.25, 0.3) is 0 Å². The predicted octanol–water partition coefficient (Wildman–Crippen LogP) is 3.60. The molecule has 0 heteroatoms. The van der Waals surface area contributed by atoms with Gasteiger partial charge in [-0.3, -0.25) is 0 Å². The van der Waals surface area contributed by atoms with Gasteiger partial charge >= 0.3 is 0 Å². The highest BCUT2D eigenvalue weighted by molar-refractivity contribution is 5.34. The maximum atomic E-state index is 2.43. The summed E-state index contributed by atoms with van der Waals surface area (Å²) in [5.74, 6) is 0. The van der Waals surface area contributed by atoms with E-state index < -0.39 is 0 Å². The fourth-order valence-corrected chi connectivity index (χ4v) is 2.17. The molecule has 0 atom stereocenters. The van der Waals surface area contributed by atoms with E-state index in [1.165, 1.54) is 38.5 Å². The van der Waals surface area contributed by atoms with Crippen LogP contribution in [-0.2, 0) is 0 Å². The van der Waals surface area contributed by atoms with Crippen LogP contribution in [0.25, 0.3) is 0 Å². The topological polar surface area (TPSA) is 0 Å². The Hall–Kier alpha value is -0.520. The lowest BCUT2D eigenvalue weighted by Gasteiger charge is -2.22. The van der Waals surface area contributed by atoms with Gasteiger partial charge in [-0.05, 0) is 51.0 Å². The van der Waals surface area contributed by atoms with Crippen LogP contribution in [-0.4, -0.2) is 0 Å². The molecular weight excluding hydrogens is 132 g/mol. The smallest absolute Gasteiger partial charge is 0.0277 e. The maximum Gasteiger partial charge on any atom is -0.0277 e. The number of hydrogen-bond acceptors (Lipinski definition) is 0. The van der Waals surface area contributed by atoms with E-state index in [0.29, 0.717) is 0 Å². The van der Waals surface area contributed by atoms with Crippen LogP contribution in [0.5, 0.6) is 0 Å². The van der Waals surface area contributed by atoms with Gasteiger partial charge in [0.15, 0.2) is 0 Å². The molecule has 0 N–H and O–H groups in total. The van der Waals surface area contributed by atoms with Gasteiger partial charge in [0.05, 0.1) is 0 Å². The Morgan fingerprint density at radius 2 is 1.82 bits per heavy atom. The Labute approximate surface area is 69.0 Å². The Bertz CT molecular complexity index is 218. The van der Waals surface area contributed by atoms with E-state index in [2.05, 4.69) is 13.0 Å². The molecule has 0 bridgehead atoms. The third-order valence-corrected chi connectivity index (χ3v) is 2.87. The number of allylic oxidation sites excluding steroid dienone is 4. The van der Waals surface area contributed by atoms with Crippen molar-refractivity contribution in [3.05, 3.63) is 22.8 Å². The molecule has 0 saturated carbocycles. The molecule has 2 rings (SSSR count). The first-order chi connectivity index (χ1) is 5.36. The van der Waals surface area contributed by atoms with Gasteiger partial charge in [0.2, 0.25) is 0 Å². The summed E-state index contributed by atoms with van der Waals surface area (Å²) in [6.45, 7) is 2.26. The zero-order chi connectivity index (χ0) is 7.68. The summed E-state index contributed by atoms with van der Waals surface area (Å²) >= 11 is 0. The van der Waals surface area contributed by atoms with E-state index >= 15 is 0 Å². The van der Waals surface area contributed by atoms with Crippen LogP contribution in [0.4, 0.5) is 0 Å². The van der Waals surface area contributed by atoms with Crippen molar-refractivity contribution < 1.29 is 0 Å². The van der Waals surface area contributed by atoms with E-state index in [1.807, 2.05) is 0 Å². The molecule has 0 aliphatic heterocycles. The Balaban J connectivity index is 2.25. The quantitative estimate of drug-likeness (QED) is 0.492. The van der Waals surface area contributed by atoms with Crippen LogP contribution in [0, 0.1) is 0 Å². The minimum absolute atomic E-state index is 1.32. The van der Waals surface area contributed by atoms with Gasteiger partial charge in [0.1, 0.15) is 0 Å². The van der Waals surface area contributed by atoms with Gasteiger partial charge in [-0.1, -0.05) is 17.2 Å². The lowest BCUT2D eigenvalue weighted by atomic mass is 9.84. The second-order valence-electron chi connectivity index (χ2n) is 3.83. The van der Waals surface area contributed by atoms with E-state index in [1.54, 1.807) is 16.7 Å². The molecule has 11 heavy (non-hydrogen) atoms. The van der Waals surface area contributed by atoms with E-state index in [4.69, 9.17) is 0 Å². The van der Waals surface area contributed by atoms with Gasteiger partial charge in [-0.15, -0.1) is 0 Å². The fraction of sp³-hybridized carbons (Fsp3) is 0.636. The monoisotopic (exact) mass is 148 g/mol. The van der Waals surface area contributed by atoms with Gasteiger partial charge in [0, 0.05) is 0 Å². The highest BCUT2D eigenvalue weighted by Crippen LogP contribution is 2.33. The second kappa shape index (κ2) is 2.84. The van der Waals surface area contributed by atoms with Crippen molar-refractivity contribution in [1.82, 2.24) is 0 Å². The van der Waals surface area contributed by atoms with E-state index in [-0.39, 0.29) is 0 Å². The molecular formula is C11H16. The predicted molar refractivity (Wildman–Crippen MR) is 48.5 cm³/mol. The molecule has 60 valence electrons. The first kappa shape index (κ1) is 7.15. The number of hydrogen-bond donors (Lipinski definition) is 0. The van der Waals surface area contributed by atoms with Gasteiger partial charge < -0.3 is 0 Å². The first-order valence-electron chi connectivity index (χ1n) is 4.74. The van der Waals surface area contributed by atoms with Crippen LogP contribution in [0.3, 0.4) is 0 Å². The SMILES string of the molecule is CC1=CC2=C(CCCC2)CC1. The minimum atomic E-state index is 1.32. The van der Waals surface area contributed by atoms with Crippen LogP contribution in [0.1, 0.15) is 45.4 Å². The molecule has 0 fully saturated rings. The summed E-state index contributed by atoms with van der Waals surface area (Å²) < 4.78 is 0. The molecule has 0 heterocycles. The summed E-state index contributed by atoms with van der Waals surface area (Å²) in [5, 5.41) is 0. The van der Waals surface area contributed by atoms with Crippen LogP contribution in [0.2, 0.25) is 0 Å². The highest BCUT2D eigenvalue weighted by Gasteiger charge is 2.14. The molecule has 0 spiro atoms. The lowest BCUT2D eigenvalue weighted by molar-refractivity contribution is 0.644. The average Bonchev–Trinajstić information content (AvgIpc) is 2.04. The van der Waals surface area contributed by atoms with Crippen molar-refractivity contribution in [3.63, 3.8) is 0 Å². The summed E-state index contributed by atoms with van der Waals surface area (Å²) in [5.41, 5.74) is 5.03. The summed E-state index contributed by atoms with van der Waals surface area (Å²) in [4.78, 5) is 0. The van der Waals surface area contributed by atoms with Crippen molar-refractivity contribution in [3.8, 4) is 0 Å². The Morgan fingerprint density at radius 3 is 2.73 bits per heavy atom. The Kier molecular flexibility index (Phi) is 1.85. The standard InChI is InChI=1S/C11H16/c1-9-6-7-10-4-2-3-5-11(10)8-9/h8H,2-7H2,1H3. The van der Waals surface area contributed by atoms with Crippen molar-refractivity contribution in [2.24, 2.45) is 0 Å². The van der Waals surface area contributed by atoms with Crippen LogP contribution < -0.4 is 0 Å². The molecule has 0 amide bonds. The summed E-state index contributed by atoms with van der Waals surface area (Å²) in [6, 6.07) is 0. The maximum absolute atomic E-state index is 2.43. The van der Waals surface area contributed by atoms with Crippen molar-refractivity contribution in [1.29, 1.82) is 0 Å². The normalized spacial score (nSPS) is 24.6. The van der Waals surface area contributed by atoms with Crippen LogP contribution >= 0.6 is 0 Å². The van der Waals surface area contributed by atoms with E-state index in [0.717, 1.165) is 0 Å². The average molecular weight is 148 g/mol. The molecule has 0 nitrogen and oxygen atoms in total. The largest absolute Gasteiger partial charge is 0.0727 e. The van der Waals surface area contributed by atoms with Gasteiger partial charge in [-0.2, -0.15) is 0 Å². The summed E-state index contributed by atoms with van der Waals surface area (Å²) in [6.07, 6.45) is 10.7. The Morgan fingerprint density at radius 1 is 1.00 bits per heavy atom. The van der Waals surface area contributed by atoms with Crippen molar-refractivity contribution in [2.45, 2.75) is 45.4 Å². The zero-order valence-corrected chi connectivity index (χ0v) is 7.32. The number of rotatable bonds is 0. The molecule has 0 unspecified atom stereocenters. The second-order valence-corrected chi connectivity index (χ2v) is 3.83. The van der Waals surface area contributed by atoms with Crippen molar-refractivity contribution >= 4 is 0 Å². The zero-order valence-electron chi connectivity index (χ0n) is 7.32.